The third-order valence-corrected chi connectivity index (χ3v) is 3.45. The monoisotopic (exact) mass is 298 g/mol. The summed E-state index contributed by atoms with van der Waals surface area (Å²) in [5, 5.41) is 4.93. The molecule has 0 saturated heterocycles. The average molecular weight is 298 g/mol. The van der Waals surface area contributed by atoms with E-state index in [1.165, 1.54) is 0 Å². The molecule has 0 atom stereocenters. The van der Waals surface area contributed by atoms with Crippen molar-refractivity contribution in [3.05, 3.63) is 48.0 Å². The number of carbonyl (C=O) groups is 2. The first-order chi connectivity index (χ1) is 10.5. The van der Waals surface area contributed by atoms with Crippen molar-refractivity contribution in [3.63, 3.8) is 0 Å². The summed E-state index contributed by atoms with van der Waals surface area (Å²) in [5.41, 5.74) is 0.609. The van der Waals surface area contributed by atoms with Crippen molar-refractivity contribution < 1.29 is 9.59 Å². The Hall–Kier alpha value is -2.36. The van der Waals surface area contributed by atoms with Gasteiger partial charge in [0.05, 0.1) is 6.54 Å². The number of hydrogen-bond acceptors (Lipinski definition) is 2. The number of carbonyl (C=O) groups excluding carboxylic acids is 2. The molecule has 4 heteroatoms. The summed E-state index contributed by atoms with van der Waals surface area (Å²) in [5.74, 6) is -0.252. The van der Waals surface area contributed by atoms with Crippen molar-refractivity contribution in [1.29, 1.82) is 0 Å². The molecule has 1 N–H and O–H groups in total. The molecule has 0 aliphatic rings. The Labute approximate surface area is 131 Å². The Morgan fingerprint density at radius 2 is 1.77 bits per heavy atom. The highest BCUT2D eigenvalue weighted by Crippen LogP contribution is 2.16. The van der Waals surface area contributed by atoms with Crippen LogP contribution >= 0.6 is 0 Å². The van der Waals surface area contributed by atoms with Crippen molar-refractivity contribution in [3.8, 4) is 0 Å². The fraction of sp³-hybridized carbons (Fsp3) is 0.333. The van der Waals surface area contributed by atoms with Crippen LogP contribution in [-0.2, 0) is 4.79 Å². The van der Waals surface area contributed by atoms with E-state index in [1.54, 1.807) is 4.90 Å². The lowest BCUT2D eigenvalue weighted by Crippen LogP contribution is -2.42. The first-order valence-electron chi connectivity index (χ1n) is 7.58. The minimum atomic E-state index is -0.133. The van der Waals surface area contributed by atoms with Gasteiger partial charge >= 0.3 is 0 Å². The van der Waals surface area contributed by atoms with Crippen LogP contribution < -0.4 is 5.32 Å². The zero-order chi connectivity index (χ0) is 16.1. The average Bonchev–Trinajstić information content (AvgIpc) is 2.50. The van der Waals surface area contributed by atoms with Crippen LogP contribution in [-0.4, -0.2) is 35.8 Å². The normalized spacial score (nSPS) is 10.7. The highest BCUT2D eigenvalue weighted by molar-refractivity contribution is 6.00. The van der Waals surface area contributed by atoms with Gasteiger partial charge in [-0.1, -0.05) is 30.3 Å². The van der Waals surface area contributed by atoms with Gasteiger partial charge in [0, 0.05) is 18.2 Å². The number of fused-ring (bicyclic) bond motifs is 1. The van der Waals surface area contributed by atoms with E-state index in [9.17, 15) is 9.59 Å². The van der Waals surface area contributed by atoms with E-state index in [1.807, 2.05) is 63.2 Å². The predicted molar refractivity (Wildman–Crippen MR) is 88.8 cm³/mol. The van der Waals surface area contributed by atoms with Crippen LogP contribution in [0.1, 0.15) is 31.1 Å². The Morgan fingerprint density at radius 3 is 2.41 bits per heavy atom. The van der Waals surface area contributed by atoms with Crippen molar-refractivity contribution >= 4 is 22.6 Å². The van der Waals surface area contributed by atoms with E-state index in [0.29, 0.717) is 12.1 Å². The number of likely N-dealkylation sites (N-methyl/N-ethyl adjacent to an activating group) is 1. The highest BCUT2D eigenvalue weighted by atomic mass is 16.2. The van der Waals surface area contributed by atoms with Gasteiger partial charge in [0.15, 0.2) is 0 Å². The predicted octanol–water partition coefficient (Wildman–Crippen LogP) is 2.83. The smallest absolute Gasteiger partial charge is 0.254 e. The summed E-state index contributed by atoms with van der Waals surface area (Å²) in [6.45, 7) is 6.26. The number of rotatable bonds is 5. The van der Waals surface area contributed by atoms with E-state index < -0.39 is 0 Å². The SMILES string of the molecule is CCN(CC(=O)NC(C)C)C(=O)c1ccc2ccccc2c1. The van der Waals surface area contributed by atoms with E-state index in [0.717, 1.165) is 10.8 Å². The van der Waals surface area contributed by atoms with Gasteiger partial charge in [-0.3, -0.25) is 9.59 Å². The number of amides is 2. The van der Waals surface area contributed by atoms with Crippen LogP contribution in [0.3, 0.4) is 0 Å². The quantitative estimate of drug-likeness (QED) is 0.922. The Kier molecular flexibility index (Phi) is 5.15. The number of hydrogen-bond donors (Lipinski definition) is 1. The standard InChI is InChI=1S/C18H22N2O2/c1-4-20(12-17(21)19-13(2)3)18(22)16-10-9-14-7-5-6-8-15(14)11-16/h5-11,13H,4,12H2,1-3H3,(H,19,21). The first kappa shape index (κ1) is 16.0. The van der Waals surface area contributed by atoms with Gasteiger partial charge in [0.1, 0.15) is 0 Å². The van der Waals surface area contributed by atoms with Crippen LogP contribution in [0.25, 0.3) is 10.8 Å². The van der Waals surface area contributed by atoms with Crippen LogP contribution in [0.2, 0.25) is 0 Å². The molecule has 0 aromatic heterocycles. The molecule has 2 aromatic rings. The van der Waals surface area contributed by atoms with Gasteiger partial charge < -0.3 is 10.2 Å². The molecule has 0 spiro atoms. The molecule has 2 rings (SSSR count). The summed E-state index contributed by atoms with van der Waals surface area (Å²) >= 11 is 0. The fourth-order valence-electron chi connectivity index (χ4n) is 2.37. The van der Waals surface area contributed by atoms with E-state index >= 15 is 0 Å². The molecular weight excluding hydrogens is 276 g/mol. The maximum Gasteiger partial charge on any atom is 0.254 e. The maximum absolute atomic E-state index is 12.6. The van der Waals surface area contributed by atoms with Gasteiger partial charge in [-0.15, -0.1) is 0 Å². The zero-order valence-corrected chi connectivity index (χ0v) is 13.3. The summed E-state index contributed by atoms with van der Waals surface area (Å²) in [4.78, 5) is 26.0. The van der Waals surface area contributed by atoms with Crippen molar-refractivity contribution in [2.24, 2.45) is 0 Å². The number of nitrogens with zero attached hydrogens (tertiary/aromatic N) is 1. The van der Waals surface area contributed by atoms with Crippen LogP contribution in [0.4, 0.5) is 0 Å². The van der Waals surface area contributed by atoms with Gasteiger partial charge in [0.25, 0.3) is 5.91 Å². The molecule has 2 amide bonds. The lowest BCUT2D eigenvalue weighted by Gasteiger charge is -2.21. The summed E-state index contributed by atoms with van der Waals surface area (Å²) < 4.78 is 0. The molecule has 116 valence electrons. The Morgan fingerprint density at radius 1 is 1.09 bits per heavy atom. The lowest BCUT2D eigenvalue weighted by atomic mass is 10.1. The molecule has 0 aliphatic carbocycles. The van der Waals surface area contributed by atoms with Crippen molar-refractivity contribution in [2.75, 3.05) is 13.1 Å². The topological polar surface area (TPSA) is 49.4 Å². The van der Waals surface area contributed by atoms with Gasteiger partial charge in [0.2, 0.25) is 5.91 Å². The summed E-state index contributed by atoms with van der Waals surface area (Å²) in [6, 6.07) is 13.6. The van der Waals surface area contributed by atoms with E-state index in [2.05, 4.69) is 5.32 Å². The molecule has 0 fully saturated rings. The molecule has 0 heterocycles. The minimum Gasteiger partial charge on any atom is -0.352 e. The minimum absolute atomic E-state index is 0.0713. The summed E-state index contributed by atoms with van der Waals surface area (Å²) in [7, 11) is 0. The van der Waals surface area contributed by atoms with Crippen molar-refractivity contribution in [1.82, 2.24) is 10.2 Å². The second-order valence-electron chi connectivity index (χ2n) is 5.60. The molecule has 22 heavy (non-hydrogen) atoms. The van der Waals surface area contributed by atoms with Crippen LogP contribution in [0.5, 0.6) is 0 Å². The number of benzene rings is 2. The maximum atomic E-state index is 12.6. The second-order valence-corrected chi connectivity index (χ2v) is 5.60. The molecule has 0 bridgehead atoms. The van der Waals surface area contributed by atoms with Crippen LogP contribution in [0.15, 0.2) is 42.5 Å². The molecule has 4 nitrogen and oxygen atoms in total. The van der Waals surface area contributed by atoms with Crippen LogP contribution in [0, 0.1) is 0 Å². The summed E-state index contributed by atoms with van der Waals surface area (Å²) in [6.07, 6.45) is 0. The van der Waals surface area contributed by atoms with E-state index in [4.69, 9.17) is 0 Å². The molecule has 0 saturated carbocycles. The lowest BCUT2D eigenvalue weighted by molar-refractivity contribution is -0.122. The number of nitrogens with one attached hydrogen (secondary N) is 1. The third-order valence-electron chi connectivity index (χ3n) is 3.45. The Balaban J connectivity index is 2.17. The zero-order valence-electron chi connectivity index (χ0n) is 13.3. The highest BCUT2D eigenvalue weighted by Gasteiger charge is 2.17. The molecule has 0 aliphatic heterocycles. The first-order valence-corrected chi connectivity index (χ1v) is 7.58. The Bertz CT molecular complexity index is 680. The van der Waals surface area contributed by atoms with E-state index in [-0.39, 0.29) is 24.4 Å². The molecule has 2 aromatic carbocycles. The molecular formula is C18H22N2O2. The second kappa shape index (κ2) is 7.07. The van der Waals surface area contributed by atoms with Gasteiger partial charge in [-0.2, -0.15) is 0 Å². The largest absolute Gasteiger partial charge is 0.352 e. The van der Waals surface area contributed by atoms with Gasteiger partial charge in [-0.25, -0.2) is 0 Å². The third kappa shape index (κ3) is 3.85. The van der Waals surface area contributed by atoms with Gasteiger partial charge in [-0.05, 0) is 43.7 Å². The van der Waals surface area contributed by atoms with Crippen molar-refractivity contribution in [2.45, 2.75) is 26.8 Å². The molecule has 0 unspecified atom stereocenters. The molecule has 0 radical (unpaired) electrons. The fourth-order valence-corrected chi connectivity index (χ4v) is 2.37.